The summed E-state index contributed by atoms with van der Waals surface area (Å²) >= 11 is 0. The van der Waals surface area contributed by atoms with Gasteiger partial charge in [-0.05, 0) is 31.6 Å². The molecular weight excluding hydrogens is 244 g/mol. The number of amides is 2. The Morgan fingerprint density at radius 3 is 2.32 bits per heavy atom. The van der Waals surface area contributed by atoms with E-state index in [2.05, 4.69) is 13.8 Å². The third kappa shape index (κ3) is 2.85. The molecule has 5 heteroatoms. The number of urea groups is 1. The smallest absolute Gasteiger partial charge is 0.320 e. The van der Waals surface area contributed by atoms with Crippen LogP contribution in [0, 0.1) is 17.8 Å². The average molecular weight is 268 g/mol. The van der Waals surface area contributed by atoms with Gasteiger partial charge in [0.1, 0.15) is 0 Å². The zero-order valence-corrected chi connectivity index (χ0v) is 12.0. The number of carbonyl (C=O) groups excluding carboxylic acids is 1. The molecule has 2 amide bonds. The molecule has 2 fully saturated rings. The lowest BCUT2D eigenvalue weighted by molar-refractivity contribution is -0.142. The Kier molecular flexibility index (Phi) is 4.02. The maximum absolute atomic E-state index is 12.5. The van der Waals surface area contributed by atoms with Gasteiger partial charge in [0.15, 0.2) is 0 Å². The minimum atomic E-state index is -0.789. The van der Waals surface area contributed by atoms with Crippen LogP contribution in [-0.4, -0.2) is 52.6 Å². The van der Waals surface area contributed by atoms with Gasteiger partial charge < -0.3 is 14.9 Å². The second kappa shape index (κ2) is 5.39. The van der Waals surface area contributed by atoms with Gasteiger partial charge in [0.2, 0.25) is 0 Å². The number of carboxylic acid groups (broad SMARTS) is 1. The van der Waals surface area contributed by atoms with E-state index in [1.54, 1.807) is 4.90 Å². The Hall–Kier alpha value is -1.26. The van der Waals surface area contributed by atoms with E-state index in [-0.39, 0.29) is 18.0 Å². The van der Waals surface area contributed by atoms with Gasteiger partial charge in [-0.1, -0.05) is 13.8 Å². The van der Waals surface area contributed by atoms with Crippen molar-refractivity contribution in [3.63, 3.8) is 0 Å². The van der Waals surface area contributed by atoms with Gasteiger partial charge >= 0.3 is 12.0 Å². The van der Waals surface area contributed by atoms with Crippen molar-refractivity contribution in [1.82, 2.24) is 9.80 Å². The molecular formula is C14H24N2O3. The Morgan fingerprint density at radius 1 is 1.05 bits per heavy atom. The molecule has 5 nitrogen and oxygen atoms in total. The molecule has 1 N–H and O–H groups in total. The number of aliphatic carboxylic acids is 1. The first-order valence-corrected chi connectivity index (χ1v) is 7.18. The molecule has 4 atom stereocenters. The van der Waals surface area contributed by atoms with Crippen LogP contribution in [0.4, 0.5) is 4.79 Å². The summed E-state index contributed by atoms with van der Waals surface area (Å²) in [6.07, 6.45) is 2.21. The zero-order valence-electron chi connectivity index (χ0n) is 12.0. The Balaban J connectivity index is 2.02. The van der Waals surface area contributed by atoms with Crippen LogP contribution >= 0.6 is 0 Å². The molecule has 2 rings (SSSR count). The fourth-order valence-corrected chi connectivity index (χ4v) is 3.18. The second-order valence-electron chi connectivity index (χ2n) is 6.29. The van der Waals surface area contributed by atoms with Crippen LogP contribution < -0.4 is 0 Å². The zero-order chi connectivity index (χ0) is 14.2. The van der Waals surface area contributed by atoms with Crippen LogP contribution in [0.5, 0.6) is 0 Å². The lowest BCUT2D eigenvalue weighted by Gasteiger charge is -2.39. The highest BCUT2D eigenvalue weighted by molar-refractivity contribution is 5.78. The summed E-state index contributed by atoms with van der Waals surface area (Å²) in [6.45, 7) is 7.87. The van der Waals surface area contributed by atoms with Crippen molar-refractivity contribution in [2.75, 3.05) is 19.6 Å². The van der Waals surface area contributed by atoms with Gasteiger partial charge in [-0.3, -0.25) is 4.79 Å². The maximum atomic E-state index is 12.5. The first-order chi connectivity index (χ1) is 8.90. The lowest BCUT2D eigenvalue weighted by Crippen LogP contribution is -2.50. The number of hydrogen-bond donors (Lipinski definition) is 1. The van der Waals surface area contributed by atoms with Gasteiger partial charge in [-0.15, -0.1) is 0 Å². The first kappa shape index (κ1) is 14.2. The van der Waals surface area contributed by atoms with Gasteiger partial charge in [0.05, 0.1) is 5.92 Å². The van der Waals surface area contributed by atoms with Gasteiger partial charge in [-0.25, -0.2) is 4.79 Å². The molecule has 2 saturated heterocycles. The van der Waals surface area contributed by atoms with E-state index < -0.39 is 11.9 Å². The molecule has 2 aliphatic heterocycles. The average Bonchev–Trinajstić information content (AvgIpc) is 2.74. The van der Waals surface area contributed by atoms with E-state index in [4.69, 9.17) is 5.11 Å². The van der Waals surface area contributed by atoms with Crippen LogP contribution in [0.3, 0.4) is 0 Å². The summed E-state index contributed by atoms with van der Waals surface area (Å²) in [6, 6.07) is 0.289. The molecule has 0 bridgehead atoms. The molecule has 0 aromatic rings. The maximum Gasteiger partial charge on any atom is 0.320 e. The second-order valence-corrected chi connectivity index (χ2v) is 6.29. The summed E-state index contributed by atoms with van der Waals surface area (Å²) in [7, 11) is 0. The van der Waals surface area contributed by atoms with Crippen molar-refractivity contribution in [3.05, 3.63) is 0 Å². The molecule has 0 aromatic heterocycles. The van der Waals surface area contributed by atoms with Crippen molar-refractivity contribution in [1.29, 1.82) is 0 Å². The molecule has 0 aromatic carbocycles. The van der Waals surface area contributed by atoms with E-state index >= 15 is 0 Å². The Labute approximate surface area is 114 Å². The quantitative estimate of drug-likeness (QED) is 0.790. The number of likely N-dealkylation sites (tertiary alicyclic amines) is 2. The highest BCUT2D eigenvalue weighted by Crippen LogP contribution is 2.27. The van der Waals surface area contributed by atoms with Crippen LogP contribution in [0.15, 0.2) is 0 Å². The fraction of sp³-hybridized carbons (Fsp3) is 0.857. The summed E-state index contributed by atoms with van der Waals surface area (Å²) in [5, 5.41) is 9.14. The van der Waals surface area contributed by atoms with Crippen LogP contribution in [0.1, 0.15) is 33.6 Å². The third-order valence-electron chi connectivity index (χ3n) is 4.56. The number of hydrogen-bond acceptors (Lipinski definition) is 2. The van der Waals surface area contributed by atoms with Crippen molar-refractivity contribution in [3.8, 4) is 0 Å². The predicted octanol–water partition coefficient (Wildman–Crippen LogP) is 1.88. The van der Waals surface area contributed by atoms with Crippen molar-refractivity contribution in [2.24, 2.45) is 17.8 Å². The minimum absolute atomic E-state index is 0.0228. The van der Waals surface area contributed by atoms with Gasteiger partial charge in [0, 0.05) is 25.7 Å². The van der Waals surface area contributed by atoms with Crippen molar-refractivity contribution < 1.29 is 14.7 Å². The number of nitrogens with zero attached hydrogens (tertiary/aromatic N) is 2. The minimum Gasteiger partial charge on any atom is -0.481 e. The predicted molar refractivity (Wildman–Crippen MR) is 71.8 cm³/mol. The number of rotatable bonds is 1. The molecule has 0 radical (unpaired) electrons. The molecule has 108 valence electrons. The number of carboxylic acids is 1. The van der Waals surface area contributed by atoms with E-state index in [0.29, 0.717) is 19.0 Å². The topological polar surface area (TPSA) is 60.9 Å². The Bertz CT molecular complexity index is 372. The van der Waals surface area contributed by atoms with Crippen LogP contribution in [0.2, 0.25) is 0 Å². The SMILES string of the molecule is CC1CCC(C)N(C(=O)N2C[C@@H](C)[C@H](C(=O)O)C2)C1. The van der Waals surface area contributed by atoms with E-state index in [0.717, 1.165) is 13.0 Å². The number of piperidine rings is 1. The van der Waals surface area contributed by atoms with Crippen molar-refractivity contribution >= 4 is 12.0 Å². The van der Waals surface area contributed by atoms with Crippen molar-refractivity contribution in [2.45, 2.75) is 39.7 Å². The van der Waals surface area contributed by atoms with Gasteiger partial charge in [-0.2, -0.15) is 0 Å². The monoisotopic (exact) mass is 268 g/mol. The van der Waals surface area contributed by atoms with E-state index in [1.807, 2.05) is 11.8 Å². The third-order valence-corrected chi connectivity index (χ3v) is 4.56. The van der Waals surface area contributed by atoms with Gasteiger partial charge in [0.25, 0.3) is 0 Å². The van der Waals surface area contributed by atoms with E-state index in [1.165, 1.54) is 6.42 Å². The molecule has 0 spiro atoms. The summed E-state index contributed by atoms with van der Waals surface area (Å²) in [5.74, 6) is -0.626. The number of carbonyl (C=O) groups is 2. The molecule has 0 aliphatic carbocycles. The highest BCUT2D eigenvalue weighted by atomic mass is 16.4. The summed E-state index contributed by atoms with van der Waals surface area (Å²) < 4.78 is 0. The van der Waals surface area contributed by atoms with Crippen LogP contribution in [-0.2, 0) is 4.79 Å². The largest absolute Gasteiger partial charge is 0.481 e. The highest BCUT2D eigenvalue weighted by Gasteiger charge is 2.39. The first-order valence-electron chi connectivity index (χ1n) is 7.18. The van der Waals surface area contributed by atoms with Crippen LogP contribution in [0.25, 0.3) is 0 Å². The molecule has 2 heterocycles. The van der Waals surface area contributed by atoms with E-state index in [9.17, 15) is 9.59 Å². The standard InChI is InChI=1S/C14H24N2O3/c1-9-4-5-11(3)16(6-9)14(19)15-7-10(2)12(8-15)13(17)18/h9-12H,4-8H2,1-3H3,(H,17,18)/t9?,10-,11?,12-/m1/s1. The summed E-state index contributed by atoms with van der Waals surface area (Å²) in [5.41, 5.74) is 0. The normalized spacial score (nSPS) is 35.5. The fourth-order valence-electron chi connectivity index (χ4n) is 3.18. The molecule has 0 saturated carbocycles. The lowest BCUT2D eigenvalue weighted by atomic mass is 9.95. The summed E-state index contributed by atoms with van der Waals surface area (Å²) in [4.78, 5) is 27.3. The molecule has 2 aliphatic rings. The Morgan fingerprint density at radius 2 is 1.74 bits per heavy atom. The molecule has 2 unspecified atom stereocenters. The molecule has 19 heavy (non-hydrogen) atoms.